The van der Waals surface area contributed by atoms with Crippen LogP contribution in [0.1, 0.15) is 11.1 Å². The molecular weight excluding hydrogens is 378 g/mol. The molecular formula is C21H20ClN3OS. The number of piperazine rings is 1. The van der Waals surface area contributed by atoms with Crippen LogP contribution in [-0.2, 0) is 4.79 Å². The lowest BCUT2D eigenvalue weighted by molar-refractivity contribution is -0.113. The Balaban J connectivity index is 1.39. The van der Waals surface area contributed by atoms with Crippen LogP contribution in [0.25, 0.3) is 6.08 Å². The Morgan fingerprint density at radius 3 is 2.26 bits per heavy atom. The molecule has 6 heteroatoms. The molecule has 0 bridgehead atoms. The number of anilines is 1. The molecule has 1 fully saturated rings. The average Bonchev–Trinajstić information content (AvgIpc) is 3.05. The molecule has 0 saturated carbocycles. The van der Waals surface area contributed by atoms with Crippen molar-refractivity contribution in [3.63, 3.8) is 0 Å². The van der Waals surface area contributed by atoms with E-state index in [1.807, 2.05) is 30.3 Å². The summed E-state index contributed by atoms with van der Waals surface area (Å²) in [5, 5.41) is 1.50. The van der Waals surface area contributed by atoms with Crippen LogP contribution in [-0.4, -0.2) is 42.2 Å². The topological polar surface area (TPSA) is 35.9 Å². The molecule has 1 amide bonds. The van der Waals surface area contributed by atoms with Crippen molar-refractivity contribution in [2.45, 2.75) is 6.92 Å². The minimum Gasteiger partial charge on any atom is -0.368 e. The van der Waals surface area contributed by atoms with Crippen LogP contribution < -0.4 is 4.90 Å². The number of benzene rings is 2. The van der Waals surface area contributed by atoms with E-state index in [1.165, 1.54) is 23.0 Å². The number of carbonyl (C=O) groups excluding carboxylic acids is 1. The lowest BCUT2D eigenvalue weighted by atomic mass is 10.2. The minimum absolute atomic E-state index is 0.161. The van der Waals surface area contributed by atoms with E-state index in [2.05, 4.69) is 46.0 Å². The summed E-state index contributed by atoms with van der Waals surface area (Å²) in [5.74, 6) is -0.161. The van der Waals surface area contributed by atoms with Crippen molar-refractivity contribution in [3.05, 3.63) is 69.6 Å². The van der Waals surface area contributed by atoms with Gasteiger partial charge in [-0.15, -0.1) is 0 Å². The zero-order chi connectivity index (χ0) is 18.8. The van der Waals surface area contributed by atoms with E-state index in [4.69, 9.17) is 11.6 Å². The van der Waals surface area contributed by atoms with E-state index in [9.17, 15) is 4.79 Å². The number of halogens is 1. The Kier molecular flexibility index (Phi) is 5.23. The molecule has 27 heavy (non-hydrogen) atoms. The predicted octanol–water partition coefficient (Wildman–Crippen LogP) is 4.44. The number of aryl methyl sites for hydroxylation is 1. The fourth-order valence-electron chi connectivity index (χ4n) is 3.16. The lowest BCUT2D eigenvalue weighted by Gasteiger charge is -2.36. The Morgan fingerprint density at radius 2 is 1.59 bits per heavy atom. The molecule has 2 aliphatic heterocycles. The van der Waals surface area contributed by atoms with Crippen LogP contribution in [0.3, 0.4) is 0 Å². The molecule has 2 aromatic carbocycles. The average molecular weight is 398 g/mol. The van der Waals surface area contributed by atoms with Gasteiger partial charge in [0.15, 0.2) is 5.17 Å². The summed E-state index contributed by atoms with van der Waals surface area (Å²) in [4.78, 5) is 21.8. The van der Waals surface area contributed by atoms with Gasteiger partial charge in [-0.25, -0.2) is 0 Å². The van der Waals surface area contributed by atoms with Gasteiger partial charge in [-0.05, 0) is 54.6 Å². The fraction of sp³-hybridized carbons (Fsp3) is 0.238. The maximum absolute atomic E-state index is 12.3. The summed E-state index contributed by atoms with van der Waals surface area (Å²) in [6.07, 6.45) is 1.88. The van der Waals surface area contributed by atoms with Gasteiger partial charge >= 0.3 is 0 Å². The van der Waals surface area contributed by atoms with Gasteiger partial charge in [0.2, 0.25) is 0 Å². The highest BCUT2D eigenvalue weighted by Crippen LogP contribution is 2.31. The second-order valence-electron chi connectivity index (χ2n) is 6.67. The molecule has 0 radical (unpaired) electrons. The van der Waals surface area contributed by atoms with Crippen LogP contribution in [0.4, 0.5) is 5.69 Å². The lowest BCUT2D eigenvalue weighted by Crippen LogP contribution is -2.47. The zero-order valence-corrected chi connectivity index (χ0v) is 16.6. The summed E-state index contributed by atoms with van der Waals surface area (Å²) in [7, 11) is 0. The van der Waals surface area contributed by atoms with E-state index < -0.39 is 0 Å². The first-order valence-electron chi connectivity index (χ1n) is 8.93. The number of nitrogens with zero attached hydrogens (tertiary/aromatic N) is 3. The minimum atomic E-state index is -0.161. The van der Waals surface area contributed by atoms with Crippen LogP contribution in [0.2, 0.25) is 5.02 Å². The van der Waals surface area contributed by atoms with Gasteiger partial charge in [0, 0.05) is 36.9 Å². The van der Waals surface area contributed by atoms with E-state index in [0.717, 1.165) is 36.9 Å². The molecule has 0 unspecified atom stereocenters. The summed E-state index contributed by atoms with van der Waals surface area (Å²) in [5.41, 5.74) is 3.48. The molecule has 138 valence electrons. The highest BCUT2D eigenvalue weighted by atomic mass is 35.5. The van der Waals surface area contributed by atoms with Gasteiger partial charge in [-0.3, -0.25) is 4.79 Å². The number of amides is 1. The van der Waals surface area contributed by atoms with Gasteiger partial charge in [0.05, 0.1) is 4.91 Å². The van der Waals surface area contributed by atoms with Crippen molar-refractivity contribution < 1.29 is 4.79 Å². The monoisotopic (exact) mass is 397 g/mol. The zero-order valence-electron chi connectivity index (χ0n) is 15.1. The Morgan fingerprint density at radius 1 is 0.963 bits per heavy atom. The van der Waals surface area contributed by atoms with Crippen molar-refractivity contribution >= 4 is 46.2 Å². The first-order valence-corrected chi connectivity index (χ1v) is 10.1. The highest BCUT2D eigenvalue weighted by Gasteiger charge is 2.28. The van der Waals surface area contributed by atoms with E-state index in [0.29, 0.717) is 9.93 Å². The molecule has 4 nitrogen and oxygen atoms in total. The van der Waals surface area contributed by atoms with Gasteiger partial charge in [0.1, 0.15) is 0 Å². The summed E-state index contributed by atoms with van der Waals surface area (Å²) < 4.78 is 0. The van der Waals surface area contributed by atoms with Gasteiger partial charge < -0.3 is 9.80 Å². The second kappa shape index (κ2) is 7.79. The normalized spacial score (nSPS) is 19.0. The largest absolute Gasteiger partial charge is 0.368 e. The number of rotatable bonds is 2. The number of amidine groups is 1. The fourth-order valence-corrected chi connectivity index (χ4v) is 4.25. The number of carbonyl (C=O) groups is 1. The number of hydrogen-bond donors (Lipinski definition) is 0. The molecule has 0 N–H and O–H groups in total. The Hall–Kier alpha value is -2.24. The maximum atomic E-state index is 12.3. The first-order chi connectivity index (χ1) is 13.1. The first kappa shape index (κ1) is 18.1. The van der Waals surface area contributed by atoms with Crippen molar-refractivity contribution in [2.24, 2.45) is 4.99 Å². The molecule has 4 rings (SSSR count). The maximum Gasteiger partial charge on any atom is 0.286 e. The highest BCUT2D eigenvalue weighted by molar-refractivity contribution is 8.18. The van der Waals surface area contributed by atoms with Crippen molar-refractivity contribution in [2.75, 3.05) is 31.1 Å². The van der Waals surface area contributed by atoms with Crippen molar-refractivity contribution in [1.82, 2.24) is 4.90 Å². The quantitative estimate of drug-likeness (QED) is 0.702. The molecule has 0 aliphatic carbocycles. The summed E-state index contributed by atoms with van der Waals surface area (Å²) >= 11 is 7.38. The van der Waals surface area contributed by atoms with Gasteiger partial charge in [-0.1, -0.05) is 41.4 Å². The Labute approximate surface area is 168 Å². The van der Waals surface area contributed by atoms with Gasteiger partial charge in [0.25, 0.3) is 5.91 Å². The SMILES string of the molecule is Cc1ccc(N2CCN(C3=NC(=O)/C(=C/c4ccc(Cl)cc4)S3)CC2)cc1. The van der Waals surface area contributed by atoms with E-state index in [-0.39, 0.29) is 5.91 Å². The Bertz CT molecular complexity index is 898. The molecule has 0 spiro atoms. The number of hydrogen-bond acceptors (Lipinski definition) is 4. The predicted molar refractivity (Wildman–Crippen MR) is 114 cm³/mol. The number of thioether (sulfide) groups is 1. The van der Waals surface area contributed by atoms with E-state index in [1.54, 1.807) is 0 Å². The molecule has 2 aliphatic rings. The smallest absolute Gasteiger partial charge is 0.286 e. The molecule has 2 heterocycles. The summed E-state index contributed by atoms with van der Waals surface area (Å²) in [6, 6.07) is 16.1. The third kappa shape index (κ3) is 4.20. The van der Waals surface area contributed by atoms with Gasteiger partial charge in [-0.2, -0.15) is 4.99 Å². The molecule has 0 atom stereocenters. The second-order valence-corrected chi connectivity index (χ2v) is 8.12. The van der Waals surface area contributed by atoms with Crippen LogP contribution in [0, 0.1) is 6.92 Å². The standard InChI is InChI=1S/C21H20ClN3OS/c1-15-2-8-18(9-3-15)24-10-12-25(13-11-24)21-23-20(26)19(27-21)14-16-4-6-17(22)7-5-16/h2-9,14H,10-13H2,1H3/b19-14-. The summed E-state index contributed by atoms with van der Waals surface area (Å²) in [6.45, 7) is 5.67. The number of aliphatic imine (C=N–C) groups is 1. The third-order valence-corrected chi connectivity index (χ3v) is 6.02. The van der Waals surface area contributed by atoms with Crippen LogP contribution in [0.5, 0.6) is 0 Å². The van der Waals surface area contributed by atoms with Crippen molar-refractivity contribution in [3.8, 4) is 0 Å². The molecule has 1 saturated heterocycles. The van der Waals surface area contributed by atoms with Crippen LogP contribution >= 0.6 is 23.4 Å². The van der Waals surface area contributed by atoms with Crippen LogP contribution in [0.15, 0.2) is 58.4 Å². The van der Waals surface area contributed by atoms with Crippen molar-refractivity contribution in [1.29, 1.82) is 0 Å². The molecule has 0 aromatic heterocycles. The van der Waals surface area contributed by atoms with E-state index >= 15 is 0 Å². The third-order valence-electron chi connectivity index (χ3n) is 4.73. The molecule has 2 aromatic rings.